The number of halogens is 1. The fourth-order valence-corrected chi connectivity index (χ4v) is 2.10. The van der Waals surface area contributed by atoms with Gasteiger partial charge in [0.2, 0.25) is 0 Å². The molecule has 0 saturated carbocycles. The second-order valence-electron chi connectivity index (χ2n) is 4.39. The van der Waals surface area contributed by atoms with Crippen LogP contribution in [0.15, 0.2) is 42.5 Å². The van der Waals surface area contributed by atoms with Gasteiger partial charge in [-0.15, -0.1) is 0 Å². The number of thiocarbonyl (C=S) groups is 1. The Balaban J connectivity index is 2.03. The summed E-state index contributed by atoms with van der Waals surface area (Å²) in [6, 6.07) is 13.6. The van der Waals surface area contributed by atoms with Gasteiger partial charge in [-0.1, -0.05) is 23.7 Å². The van der Waals surface area contributed by atoms with Gasteiger partial charge in [0, 0.05) is 16.4 Å². The van der Waals surface area contributed by atoms with Gasteiger partial charge in [-0.25, -0.2) is 0 Å². The SMILES string of the molecule is Cc1ccc(NC(=S)Nc2cccc(Cl)c2)cc1C. The van der Waals surface area contributed by atoms with Gasteiger partial charge in [-0.3, -0.25) is 0 Å². The highest BCUT2D eigenvalue weighted by Gasteiger charge is 2.01. The van der Waals surface area contributed by atoms with E-state index < -0.39 is 0 Å². The van der Waals surface area contributed by atoms with E-state index in [4.69, 9.17) is 23.8 Å². The zero-order valence-corrected chi connectivity index (χ0v) is 12.4. The summed E-state index contributed by atoms with van der Waals surface area (Å²) in [6.07, 6.45) is 0. The highest BCUT2D eigenvalue weighted by atomic mass is 35.5. The summed E-state index contributed by atoms with van der Waals surface area (Å²) in [5.41, 5.74) is 4.34. The topological polar surface area (TPSA) is 24.1 Å². The zero-order valence-electron chi connectivity index (χ0n) is 10.8. The molecule has 2 rings (SSSR count). The van der Waals surface area contributed by atoms with Gasteiger partial charge >= 0.3 is 0 Å². The highest BCUT2D eigenvalue weighted by Crippen LogP contribution is 2.17. The Morgan fingerprint density at radius 1 is 0.947 bits per heavy atom. The van der Waals surface area contributed by atoms with Crippen molar-refractivity contribution >= 4 is 40.3 Å². The standard InChI is InChI=1S/C15H15ClN2S/c1-10-6-7-14(8-11(10)2)18-15(19)17-13-5-3-4-12(16)9-13/h3-9H,1-2H3,(H2,17,18,19). The quantitative estimate of drug-likeness (QED) is 0.779. The molecule has 0 aromatic heterocycles. The molecule has 4 heteroatoms. The van der Waals surface area contributed by atoms with Crippen LogP contribution in [0.3, 0.4) is 0 Å². The molecular formula is C15H15ClN2S. The van der Waals surface area contributed by atoms with Gasteiger partial charge in [-0.05, 0) is 67.5 Å². The van der Waals surface area contributed by atoms with Crippen LogP contribution in [-0.2, 0) is 0 Å². The Bertz CT molecular complexity index is 611. The molecule has 0 atom stereocenters. The van der Waals surface area contributed by atoms with Gasteiger partial charge in [0.15, 0.2) is 5.11 Å². The maximum atomic E-state index is 5.92. The zero-order chi connectivity index (χ0) is 13.8. The molecule has 2 aromatic rings. The van der Waals surface area contributed by atoms with Gasteiger partial charge in [0.05, 0.1) is 0 Å². The molecule has 0 spiro atoms. The van der Waals surface area contributed by atoms with Gasteiger partial charge < -0.3 is 10.6 Å². The van der Waals surface area contributed by atoms with Crippen molar-refractivity contribution in [3.8, 4) is 0 Å². The van der Waals surface area contributed by atoms with Crippen LogP contribution < -0.4 is 10.6 Å². The summed E-state index contributed by atoms with van der Waals surface area (Å²) in [5.74, 6) is 0. The van der Waals surface area contributed by atoms with Gasteiger partial charge in [-0.2, -0.15) is 0 Å². The van der Waals surface area contributed by atoms with Crippen LogP contribution in [0.4, 0.5) is 11.4 Å². The fraction of sp³-hybridized carbons (Fsp3) is 0.133. The minimum atomic E-state index is 0.547. The predicted octanol–water partition coefficient (Wildman–Crippen LogP) is 4.77. The van der Waals surface area contributed by atoms with E-state index in [9.17, 15) is 0 Å². The van der Waals surface area contributed by atoms with Crippen molar-refractivity contribution in [2.24, 2.45) is 0 Å². The number of benzene rings is 2. The predicted molar refractivity (Wildman–Crippen MR) is 87.2 cm³/mol. The van der Waals surface area contributed by atoms with Crippen LogP contribution in [0.5, 0.6) is 0 Å². The molecule has 0 fully saturated rings. The third-order valence-corrected chi connectivity index (χ3v) is 3.29. The summed E-state index contributed by atoms with van der Waals surface area (Å²) in [5, 5.41) is 7.48. The molecule has 0 heterocycles. The maximum Gasteiger partial charge on any atom is 0.175 e. The summed E-state index contributed by atoms with van der Waals surface area (Å²) < 4.78 is 0. The van der Waals surface area contributed by atoms with E-state index >= 15 is 0 Å². The molecule has 0 aliphatic carbocycles. The normalized spacial score (nSPS) is 10.1. The summed E-state index contributed by atoms with van der Waals surface area (Å²) in [6.45, 7) is 4.16. The lowest BCUT2D eigenvalue weighted by molar-refractivity contribution is 1.34. The Labute approximate surface area is 123 Å². The van der Waals surface area contributed by atoms with Gasteiger partial charge in [0.1, 0.15) is 0 Å². The first-order valence-corrected chi connectivity index (χ1v) is 6.74. The van der Waals surface area contributed by atoms with E-state index in [0.717, 1.165) is 11.4 Å². The minimum absolute atomic E-state index is 0.547. The van der Waals surface area contributed by atoms with Crippen LogP contribution in [0, 0.1) is 13.8 Å². The minimum Gasteiger partial charge on any atom is -0.332 e. The molecule has 0 bridgehead atoms. The molecule has 0 saturated heterocycles. The maximum absolute atomic E-state index is 5.92. The fourth-order valence-electron chi connectivity index (χ4n) is 1.68. The van der Waals surface area contributed by atoms with Crippen LogP contribution >= 0.6 is 23.8 Å². The first-order chi connectivity index (χ1) is 9.04. The van der Waals surface area contributed by atoms with Crippen molar-refractivity contribution in [2.75, 3.05) is 10.6 Å². The van der Waals surface area contributed by atoms with Crippen molar-refractivity contribution in [3.63, 3.8) is 0 Å². The molecule has 2 N–H and O–H groups in total. The van der Waals surface area contributed by atoms with Crippen LogP contribution in [0.1, 0.15) is 11.1 Å². The Kier molecular flexibility index (Phi) is 4.40. The van der Waals surface area contributed by atoms with E-state index in [-0.39, 0.29) is 0 Å². The number of aryl methyl sites for hydroxylation is 2. The van der Waals surface area contributed by atoms with E-state index in [0.29, 0.717) is 10.1 Å². The Morgan fingerprint density at radius 2 is 1.63 bits per heavy atom. The van der Waals surface area contributed by atoms with Crippen molar-refractivity contribution < 1.29 is 0 Å². The monoisotopic (exact) mass is 290 g/mol. The number of nitrogens with one attached hydrogen (secondary N) is 2. The average molecular weight is 291 g/mol. The van der Waals surface area contributed by atoms with E-state index in [1.807, 2.05) is 30.3 Å². The first-order valence-electron chi connectivity index (χ1n) is 5.95. The Morgan fingerprint density at radius 3 is 2.26 bits per heavy atom. The number of anilines is 2. The van der Waals surface area contributed by atoms with E-state index in [1.165, 1.54) is 11.1 Å². The molecule has 2 nitrogen and oxygen atoms in total. The van der Waals surface area contributed by atoms with Crippen LogP contribution in [-0.4, -0.2) is 5.11 Å². The average Bonchev–Trinajstić information content (AvgIpc) is 2.34. The molecule has 0 aliphatic heterocycles. The van der Waals surface area contributed by atoms with Crippen molar-refractivity contribution in [1.82, 2.24) is 0 Å². The first kappa shape index (κ1) is 13.8. The summed E-state index contributed by atoms with van der Waals surface area (Å²) in [4.78, 5) is 0. The smallest absolute Gasteiger partial charge is 0.175 e. The van der Waals surface area contributed by atoms with Gasteiger partial charge in [0.25, 0.3) is 0 Å². The molecule has 0 unspecified atom stereocenters. The summed E-state index contributed by atoms with van der Waals surface area (Å²) in [7, 11) is 0. The largest absolute Gasteiger partial charge is 0.332 e. The van der Waals surface area contributed by atoms with Crippen LogP contribution in [0.2, 0.25) is 5.02 Å². The highest BCUT2D eigenvalue weighted by molar-refractivity contribution is 7.80. The van der Waals surface area contributed by atoms with Crippen LogP contribution in [0.25, 0.3) is 0 Å². The second kappa shape index (κ2) is 6.04. The summed E-state index contributed by atoms with van der Waals surface area (Å²) >= 11 is 11.2. The van der Waals surface area contributed by atoms with Crippen molar-refractivity contribution in [2.45, 2.75) is 13.8 Å². The molecular weight excluding hydrogens is 276 g/mol. The Hall–Kier alpha value is -1.58. The van der Waals surface area contributed by atoms with Crippen molar-refractivity contribution in [3.05, 3.63) is 58.6 Å². The number of rotatable bonds is 2. The molecule has 2 aromatic carbocycles. The molecule has 0 radical (unpaired) electrons. The third-order valence-electron chi connectivity index (χ3n) is 2.85. The lowest BCUT2D eigenvalue weighted by atomic mass is 10.1. The van der Waals surface area contributed by atoms with E-state index in [2.05, 4.69) is 36.6 Å². The number of hydrogen-bond donors (Lipinski definition) is 2. The molecule has 98 valence electrons. The second-order valence-corrected chi connectivity index (χ2v) is 5.23. The lowest BCUT2D eigenvalue weighted by Crippen LogP contribution is -2.19. The molecule has 0 amide bonds. The molecule has 19 heavy (non-hydrogen) atoms. The molecule has 0 aliphatic rings. The lowest BCUT2D eigenvalue weighted by Gasteiger charge is -2.12. The third kappa shape index (κ3) is 3.94. The number of hydrogen-bond acceptors (Lipinski definition) is 1. The van der Waals surface area contributed by atoms with E-state index in [1.54, 1.807) is 0 Å². The van der Waals surface area contributed by atoms with Crippen molar-refractivity contribution in [1.29, 1.82) is 0 Å².